The fourth-order valence-corrected chi connectivity index (χ4v) is 2.71. The summed E-state index contributed by atoms with van der Waals surface area (Å²) in [6.45, 7) is 0.217. The van der Waals surface area contributed by atoms with Crippen molar-refractivity contribution in [1.29, 1.82) is 0 Å². The number of fused-ring (bicyclic) bond motifs is 2. The van der Waals surface area contributed by atoms with Crippen molar-refractivity contribution in [2.75, 3.05) is 12.1 Å². The number of nitrogens with one attached hydrogen (secondary N) is 1. The highest BCUT2D eigenvalue weighted by molar-refractivity contribution is 6.04. The minimum absolute atomic E-state index is 0.0107. The first-order valence-corrected chi connectivity index (χ1v) is 6.59. The van der Waals surface area contributed by atoms with Crippen LogP contribution < -0.4 is 14.8 Å². The van der Waals surface area contributed by atoms with Crippen LogP contribution in [0.3, 0.4) is 0 Å². The summed E-state index contributed by atoms with van der Waals surface area (Å²) in [5.41, 5.74) is 2.62. The normalized spacial score (nSPS) is 19.4. The quantitative estimate of drug-likeness (QED) is 0.862. The second kappa shape index (κ2) is 4.27. The van der Waals surface area contributed by atoms with Crippen molar-refractivity contribution in [1.82, 2.24) is 0 Å². The van der Waals surface area contributed by atoms with Gasteiger partial charge >= 0.3 is 0 Å². The molecular formula is C16H13NO3. The number of carbonyl (C=O) groups is 1. The molecule has 0 bridgehead atoms. The van der Waals surface area contributed by atoms with E-state index >= 15 is 0 Å². The summed E-state index contributed by atoms with van der Waals surface area (Å²) in [5, 5.41) is 3.42. The summed E-state index contributed by atoms with van der Waals surface area (Å²) < 4.78 is 10.7. The third kappa shape index (κ3) is 1.72. The molecule has 4 rings (SSSR count). The van der Waals surface area contributed by atoms with Crippen LogP contribution in [-0.2, 0) is 0 Å². The van der Waals surface area contributed by atoms with E-state index in [1.54, 1.807) is 6.07 Å². The monoisotopic (exact) mass is 267 g/mol. The molecule has 0 aliphatic carbocycles. The molecule has 20 heavy (non-hydrogen) atoms. The van der Waals surface area contributed by atoms with E-state index in [1.807, 2.05) is 36.4 Å². The summed E-state index contributed by atoms with van der Waals surface area (Å²) in [6, 6.07) is 13.6. The first-order chi connectivity index (χ1) is 9.81. The standard InChI is InChI=1S/C16H13NO3/c18-14-7-12(10-4-2-1-3-5-10)17-13-8-16-15(6-11(13)14)19-9-20-16/h1-6,8,12,17H,7,9H2. The van der Waals surface area contributed by atoms with E-state index < -0.39 is 0 Å². The third-order valence-corrected chi connectivity index (χ3v) is 3.73. The van der Waals surface area contributed by atoms with Gasteiger partial charge in [0.05, 0.1) is 6.04 Å². The zero-order valence-electron chi connectivity index (χ0n) is 10.8. The minimum Gasteiger partial charge on any atom is -0.454 e. The molecular weight excluding hydrogens is 254 g/mol. The fourth-order valence-electron chi connectivity index (χ4n) is 2.71. The second-order valence-corrected chi connectivity index (χ2v) is 4.99. The Labute approximate surface area is 116 Å². The van der Waals surface area contributed by atoms with Gasteiger partial charge in [-0.15, -0.1) is 0 Å². The highest BCUT2D eigenvalue weighted by Crippen LogP contribution is 2.41. The van der Waals surface area contributed by atoms with E-state index in [4.69, 9.17) is 9.47 Å². The molecule has 0 aromatic heterocycles. The molecule has 2 aliphatic rings. The van der Waals surface area contributed by atoms with Crippen molar-refractivity contribution in [2.45, 2.75) is 12.5 Å². The summed E-state index contributed by atoms with van der Waals surface area (Å²) in [7, 11) is 0. The minimum atomic E-state index is 0.0107. The van der Waals surface area contributed by atoms with Gasteiger partial charge in [-0.2, -0.15) is 0 Å². The zero-order valence-corrected chi connectivity index (χ0v) is 10.8. The number of carbonyl (C=O) groups excluding carboxylic acids is 1. The van der Waals surface area contributed by atoms with Crippen molar-refractivity contribution >= 4 is 11.5 Å². The predicted molar refractivity (Wildman–Crippen MR) is 74.3 cm³/mol. The summed E-state index contributed by atoms with van der Waals surface area (Å²) in [4.78, 5) is 12.3. The maximum absolute atomic E-state index is 12.3. The van der Waals surface area contributed by atoms with E-state index in [-0.39, 0.29) is 18.6 Å². The SMILES string of the molecule is O=C1CC(c2ccccc2)Nc2cc3c(cc21)OCO3. The van der Waals surface area contributed by atoms with Crippen LogP contribution in [-0.4, -0.2) is 12.6 Å². The van der Waals surface area contributed by atoms with Gasteiger partial charge in [-0.05, 0) is 11.6 Å². The molecule has 0 spiro atoms. The van der Waals surface area contributed by atoms with Gasteiger partial charge in [0.1, 0.15) is 0 Å². The van der Waals surface area contributed by atoms with Crippen molar-refractivity contribution in [3.8, 4) is 11.5 Å². The molecule has 2 aromatic rings. The Kier molecular flexibility index (Phi) is 2.42. The number of ether oxygens (including phenoxy) is 2. The number of anilines is 1. The average molecular weight is 267 g/mol. The average Bonchev–Trinajstić information content (AvgIpc) is 2.93. The van der Waals surface area contributed by atoms with E-state index in [9.17, 15) is 4.79 Å². The molecule has 2 aliphatic heterocycles. The number of hydrogen-bond donors (Lipinski definition) is 1. The molecule has 1 N–H and O–H groups in total. The highest BCUT2D eigenvalue weighted by Gasteiger charge is 2.28. The topological polar surface area (TPSA) is 47.6 Å². The van der Waals surface area contributed by atoms with Crippen LogP contribution >= 0.6 is 0 Å². The lowest BCUT2D eigenvalue weighted by atomic mass is 9.92. The molecule has 0 radical (unpaired) electrons. The van der Waals surface area contributed by atoms with Gasteiger partial charge in [-0.25, -0.2) is 0 Å². The smallest absolute Gasteiger partial charge is 0.231 e. The molecule has 1 unspecified atom stereocenters. The Morgan fingerprint density at radius 2 is 1.80 bits per heavy atom. The predicted octanol–water partition coefficient (Wildman–Crippen LogP) is 3.15. The molecule has 2 aromatic carbocycles. The number of rotatable bonds is 1. The summed E-state index contributed by atoms with van der Waals surface area (Å²) in [5.74, 6) is 1.47. The Hall–Kier alpha value is -2.49. The Balaban J connectivity index is 1.74. The van der Waals surface area contributed by atoms with Crippen LogP contribution in [0.2, 0.25) is 0 Å². The van der Waals surface area contributed by atoms with E-state index in [1.165, 1.54) is 0 Å². The first kappa shape index (κ1) is 11.3. The molecule has 100 valence electrons. The van der Waals surface area contributed by atoms with Crippen LogP contribution in [0.4, 0.5) is 5.69 Å². The lowest BCUT2D eigenvalue weighted by Crippen LogP contribution is -2.22. The Morgan fingerprint density at radius 3 is 2.60 bits per heavy atom. The van der Waals surface area contributed by atoms with Crippen molar-refractivity contribution in [3.63, 3.8) is 0 Å². The van der Waals surface area contributed by atoms with Gasteiger partial charge in [0, 0.05) is 23.7 Å². The van der Waals surface area contributed by atoms with Gasteiger partial charge in [-0.3, -0.25) is 4.79 Å². The molecule has 0 saturated carbocycles. The highest BCUT2D eigenvalue weighted by atomic mass is 16.7. The van der Waals surface area contributed by atoms with Crippen molar-refractivity contribution in [2.24, 2.45) is 0 Å². The molecule has 4 heteroatoms. The fraction of sp³-hybridized carbons (Fsp3) is 0.188. The summed E-state index contributed by atoms with van der Waals surface area (Å²) >= 11 is 0. The van der Waals surface area contributed by atoms with Crippen LogP contribution in [0, 0.1) is 0 Å². The van der Waals surface area contributed by atoms with Gasteiger partial charge in [-0.1, -0.05) is 30.3 Å². The van der Waals surface area contributed by atoms with E-state index in [0.29, 0.717) is 23.5 Å². The van der Waals surface area contributed by atoms with Crippen molar-refractivity contribution in [3.05, 3.63) is 53.6 Å². The zero-order chi connectivity index (χ0) is 13.5. The summed E-state index contributed by atoms with van der Waals surface area (Å²) in [6.07, 6.45) is 0.455. The van der Waals surface area contributed by atoms with Gasteiger partial charge in [0.25, 0.3) is 0 Å². The first-order valence-electron chi connectivity index (χ1n) is 6.59. The van der Waals surface area contributed by atoms with E-state index in [0.717, 1.165) is 11.3 Å². The second-order valence-electron chi connectivity index (χ2n) is 4.99. The lowest BCUT2D eigenvalue weighted by molar-refractivity contribution is 0.0972. The number of Topliss-reactive ketones (excluding diaryl/α,β-unsaturated/α-hetero) is 1. The number of ketones is 1. The largest absolute Gasteiger partial charge is 0.454 e. The van der Waals surface area contributed by atoms with Gasteiger partial charge in [0.15, 0.2) is 17.3 Å². The molecule has 1 atom stereocenters. The maximum Gasteiger partial charge on any atom is 0.231 e. The van der Waals surface area contributed by atoms with Crippen LogP contribution in [0.25, 0.3) is 0 Å². The lowest BCUT2D eigenvalue weighted by Gasteiger charge is -2.26. The van der Waals surface area contributed by atoms with Gasteiger partial charge < -0.3 is 14.8 Å². The molecule has 2 heterocycles. The number of benzene rings is 2. The number of hydrogen-bond acceptors (Lipinski definition) is 4. The van der Waals surface area contributed by atoms with E-state index in [2.05, 4.69) is 5.32 Å². The third-order valence-electron chi connectivity index (χ3n) is 3.73. The molecule has 0 amide bonds. The maximum atomic E-state index is 12.3. The van der Waals surface area contributed by atoms with Crippen molar-refractivity contribution < 1.29 is 14.3 Å². The molecule has 0 saturated heterocycles. The van der Waals surface area contributed by atoms with Crippen LogP contribution in [0.1, 0.15) is 28.4 Å². The van der Waals surface area contributed by atoms with Gasteiger partial charge in [0.2, 0.25) is 6.79 Å². The molecule has 0 fully saturated rings. The Bertz CT molecular complexity index is 682. The van der Waals surface area contributed by atoms with Crippen LogP contribution in [0.5, 0.6) is 11.5 Å². The molecule has 4 nitrogen and oxygen atoms in total. The Morgan fingerprint density at radius 1 is 1.05 bits per heavy atom. The van der Waals surface area contributed by atoms with Crippen LogP contribution in [0.15, 0.2) is 42.5 Å².